The molecule has 0 bridgehead atoms. The lowest BCUT2D eigenvalue weighted by atomic mass is 10.2. The van der Waals surface area contributed by atoms with Crippen LogP contribution in [0.25, 0.3) is 0 Å². The minimum absolute atomic E-state index is 0.172. The van der Waals surface area contributed by atoms with Crippen LogP contribution in [0.3, 0.4) is 0 Å². The first-order valence-electron chi connectivity index (χ1n) is 7.93. The Kier molecular flexibility index (Phi) is 5.03. The largest absolute Gasteiger partial charge is 0.352 e. The van der Waals surface area contributed by atoms with Crippen LogP contribution >= 0.6 is 12.2 Å². The molecular weight excluding hydrogens is 358 g/mol. The fourth-order valence-electron chi connectivity index (χ4n) is 2.75. The Bertz CT molecular complexity index is 928. The molecule has 0 unspecified atom stereocenters. The number of carbonyl (C=O) groups is 1. The van der Waals surface area contributed by atoms with Gasteiger partial charge >= 0.3 is 0 Å². The molecule has 0 saturated carbocycles. The zero-order valence-electron chi connectivity index (χ0n) is 13.8. The molecule has 8 heteroatoms. The van der Waals surface area contributed by atoms with E-state index < -0.39 is 10.0 Å². The van der Waals surface area contributed by atoms with Gasteiger partial charge in [0.2, 0.25) is 10.0 Å². The Morgan fingerprint density at radius 3 is 2.32 bits per heavy atom. The van der Waals surface area contributed by atoms with Gasteiger partial charge < -0.3 is 9.88 Å². The van der Waals surface area contributed by atoms with E-state index in [4.69, 9.17) is 12.2 Å². The van der Waals surface area contributed by atoms with Crippen molar-refractivity contribution < 1.29 is 13.2 Å². The van der Waals surface area contributed by atoms with Crippen LogP contribution < -0.4 is 0 Å². The summed E-state index contributed by atoms with van der Waals surface area (Å²) in [7, 11) is -3.53. The van der Waals surface area contributed by atoms with Crippen molar-refractivity contribution in [2.24, 2.45) is 0 Å². The van der Waals surface area contributed by atoms with Gasteiger partial charge in [0.25, 0.3) is 5.91 Å². The van der Waals surface area contributed by atoms with Gasteiger partial charge in [-0.2, -0.15) is 4.31 Å². The number of rotatable bonds is 3. The monoisotopic (exact) mass is 377 g/mol. The van der Waals surface area contributed by atoms with Gasteiger partial charge in [0, 0.05) is 32.4 Å². The van der Waals surface area contributed by atoms with Crippen molar-refractivity contribution in [3.8, 4) is 0 Å². The summed E-state index contributed by atoms with van der Waals surface area (Å²) in [4.78, 5) is 17.3. The SMILES string of the molecule is Cc1ccc(S(=O)(=O)N2CCN(C(=O)c3ccc[nH]c3=S)CC2)cc1. The van der Waals surface area contributed by atoms with Crippen molar-refractivity contribution >= 4 is 28.1 Å². The van der Waals surface area contributed by atoms with E-state index in [1.54, 1.807) is 47.5 Å². The molecule has 6 nitrogen and oxygen atoms in total. The molecule has 0 radical (unpaired) electrons. The van der Waals surface area contributed by atoms with Gasteiger partial charge in [0.05, 0.1) is 10.5 Å². The van der Waals surface area contributed by atoms with Gasteiger partial charge in [-0.15, -0.1) is 0 Å². The number of H-pyrrole nitrogens is 1. The maximum Gasteiger partial charge on any atom is 0.256 e. The van der Waals surface area contributed by atoms with Crippen molar-refractivity contribution in [1.82, 2.24) is 14.2 Å². The molecule has 2 heterocycles. The van der Waals surface area contributed by atoms with E-state index in [1.807, 2.05) is 6.92 Å². The molecule has 0 atom stereocenters. The number of nitrogens with zero attached hydrogens (tertiary/aromatic N) is 2. The number of benzene rings is 1. The van der Waals surface area contributed by atoms with Crippen molar-refractivity contribution in [2.75, 3.05) is 26.2 Å². The summed E-state index contributed by atoms with van der Waals surface area (Å²) in [6, 6.07) is 10.2. The molecular formula is C17H19N3O3S2. The van der Waals surface area contributed by atoms with Crippen LogP contribution in [0.15, 0.2) is 47.5 Å². The molecule has 1 aliphatic rings. The van der Waals surface area contributed by atoms with Gasteiger partial charge in [-0.1, -0.05) is 29.9 Å². The minimum Gasteiger partial charge on any atom is -0.352 e. The minimum atomic E-state index is -3.53. The number of aryl methyl sites for hydroxylation is 1. The summed E-state index contributed by atoms with van der Waals surface area (Å²) in [6.45, 7) is 3.13. The molecule has 2 aromatic rings. The highest BCUT2D eigenvalue weighted by Gasteiger charge is 2.30. The van der Waals surface area contributed by atoms with Crippen LogP contribution in [0.1, 0.15) is 15.9 Å². The third-order valence-electron chi connectivity index (χ3n) is 4.23. The Morgan fingerprint density at radius 2 is 1.72 bits per heavy atom. The standard InChI is InChI=1S/C17H19N3O3S2/c1-13-4-6-14(7-5-13)25(22,23)20-11-9-19(10-12-20)17(21)15-3-2-8-18-16(15)24/h2-8H,9-12H2,1H3,(H,18,24). The van der Waals surface area contributed by atoms with E-state index in [-0.39, 0.29) is 23.9 Å². The normalized spacial score (nSPS) is 16.0. The van der Waals surface area contributed by atoms with E-state index in [0.29, 0.717) is 23.3 Å². The first-order valence-corrected chi connectivity index (χ1v) is 9.78. The van der Waals surface area contributed by atoms with Crippen LogP contribution in [0.2, 0.25) is 0 Å². The average Bonchev–Trinajstić information content (AvgIpc) is 2.62. The molecule has 0 aliphatic carbocycles. The lowest BCUT2D eigenvalue weighted by Gasteiger charge is -2.34. The molecule has 3 rings (SSSR count). The third kappa shape index (κ3) is 3.65. The third-order valence-corrected chi connectivity index (χ3v) is 6.48. The summed E-state index contributed by atoms with van der Waals surface area (Å²) < 4.78 is 27.2. The Balaban J connectivity index is 1.71. The Morgan fingerprint density at radius 1 is 1.08 bits per heavy atom. The zero-order chi connectivity index (χ0) is 18.0. The first-order chi connectivity index (χ1) is 11.9. The molecule has 1 aromatic heterocycles. The first kappa shape index (κ1) is 17.8. The van der Waals surface area contributed by atoms with Gasteiger partial charge in [-0.25, -0.2) is 8.42 Å². The quantitative estimate of drug-likeness (QED) is 0.833. The summed E-state index contributed by atoms with van der Waals surface area (Å²) in [5, 5.41) is 0. The highest BCUT2D eigenvalue weighted by atomic mass is 32.2. The molecule has 1 aromatic carbocycles. The summed E-state index contributed by atoms with van der Waals surface area (Å²) in [6.07, 6.45) is 1.67. The van der Waals surface area contributed by atoms with Gasteiger partial charge in [0.15, 0.2) is 0 Å². The summed E-state index contributed by atoms with van der Waals surface area (Å²) in [5.74, 6) is -0.172. The molecule has 1 aliphatic heterocycles. The van der Waals surface area contributed by atoms with Crippen molar-refractivity contribution in [3.05, 3.63) is 58.4 Å². The average molecular weight is 377 g/mol. The van der Waals surface area contributed by atoms with E-state index in [1.165, 1.54) is 4.31 Å². The molecule has 1 amide bonds. The maximum absolute atomic E-state index is 12.7. The maximum atomic E-state index is 12.7. The molecule has 0 spiro atoms. The second-order valence-corrected chi connectivity index (χ2v) is 8.27. The van der Waals surface area contributed by atoms with Crippen molar-refractivity contribution in [3.63, 3.8) is 0 Å². The lowest BCUT2D eigenvalue weighted by Crippen LogP contribution is -2.50. The van der Waals surface area contributed by atoms with Gasteiger partial charge in [-0.3, -0.25) is 4.79 Å². The Hall–Kier alpha value is -2.03. The van der Waals surface area contributed by atoms with Crippen LogP contribution in [0, 0.1) is 11.6 Å². The number of pyridine rings is 1. The number of carbonyl (C=O) groups excluding carboxylic acids is 1. The molecule has 1 fully saturated rings. The zero-order valence-corrected chi connectivity index (χ0v) is 15.4. The fraction of sp³-hybridized carbons (Fsp3) is 0.294. The number of aromatic amines is 1. The van der Waals surface area contributed by atoms with Crippen molar-refractivity contribution in [1.29, 1.82) is 0 Å². The second-order valence-electron chi connectivity index (χ2n) is 5.92. The highest BCUT2D eigenvalue weighted by molar-refractivity contribution is 7.89. The summed E-state index contributed by atoms with van der Waals surface area (Å²) >= 11 is 5.15. The van der Waals surface area contributed by atoms with E-state index >= 15 is 0 Å². The smallest absolute Gasteiger partial charge is 0.256 e. The lowest BCUT2D eigenvalue weighted by molar-refractivity contribution is 0.0697. The van der Waals surface area contributed by atoms with Crippen molar-refractivity contribution in [2.45, 2.75) is 11.8 Å². The number of hydrogen-bond donors (Lipinski definition) is 1. The van der Waals surface area contributed by atoms with Gasteiger partial charge in [-0.05, 0) is 31.2 Å². The summed E-state index contributed by atoms with van der Waals surface area (Å²) in [5.41, 5.74) is 1.45. The second kappa shape index (κ2) is 7.07. The van der Waals surface area contributed by atoms with Gasteiger partial charge in [0.1, 0.15) is 4.64 Å². The molecule has 1 N–H and O–H groups in total. The van der Waals surface area contributed by atoms with E-state index in [0.717, 1.165) is 5.56 Å². The van der Waals surface area contributed by atoms with Crippen LogP contribution in [-0.4, -0.2) is 54.7 Å². The predicted octanol–water partition coefficient (Wildman–Crippen LogP) is 2.20. The molecule has 1 saturated heterocycles. The van der Waals surface area contributed by atoms with Crippen LogP contribution in [0.5, 0.6) is 0 Å². The highest BCUT2D eigenvalue weighted by Crippen LogP contribution is 2.19. The number of nitrogens with one attached hydrogen (secondary N) is 1. The number of amides is 1. The van der Waals surface area contributed by atoms with E-state index in [2.05, 4.69) is 4.98 Å². The predicted molar refractivity (Wildman–Crippen MR) is 97.5 cm³/mol. The number of sulfonamides is 1. The molecule has 25 heavy (non-hydrogen) atoms. The number of aromatic nitrogens is 1. The molecule has 132 valence electrons. The van der Waals surface area contributed by atoms with Crippen LogP contribution in [0.4, 0.5) is 0 Å². The number of piperazine rings is 1. The van der Waals surface area contributed by atoms with E-state index in [9.17, 15) is 13.2 Å². The van der Waals surface area contributed by atoms with Crippen LogP contribution in [-0.2, 0) is 10.0 Å². The fourth-order valence-corrected chi connectivity index (χ4v) is 4.40. The number of hydrogen-bond acceptors (Lipinski definition) is 4. The topological polar surface area (TPSA) is 73.5 Å². The Labute approximate surface area is 152 Å².